The van der Waals surface area contributed by atoms with Gasteiger partial charge in [-0.25, -0.2) is 4.79 Å². The van der Waals surface area contributed by atoms with Gasteiger partial charge in [0.2, 0.25) is 6.10 Å². The standard InChI is InChI=1S/C15H15F3O3/c1-14(2,3)9-5-4-8-6-10(13(19)20)12(15(16,17)18)21-11(8)7-9/h4-7,12H,1-3H3,(H,19,20). The van der Waals surface area contributed by atoms with E-state index in [9.17, 15) is 18.0 Å². The van der Waals surface area contributed by atoms with Gasteiger partial charge < -0.3 is 9.84 Å². The first kappa shape index (κ1) is 15.4. The lowest BCUT2D eigenvalue weighted by atomic mass is 9.86. The van der Waals surface area contributed by atoms with Crippen LogP contribution in [0.3, 0.4) is 0 Å². The van der Waals surface area contributed by atoms with Crippen molar-refractivity contribution in [3.63, 3.8) is 0 Å². The lowest BCUT2D eigenvalue weighted by molar-refractivity contribution is -0.187. The first-order valence-electron chi connectivity index (χ1n) is 6.33. The summed E-state index contributed by atoms with van der Waals surface area (Å²) in [6.07, 6.45) is -6.21. The van der Waals surface area contributed by atoms with Gasteiger partial charge in [-0.2, -0.15) is 13.2 Å². The maximum atomic E-state index is 13.0. The van der Waals surface area contributed by atoms with Gasteiger partial charge in [-0.3, -0.25) is 0 Å². The van der Waals surface area contributed by atoms with Gasteiger partial charge in [0, 0.05) is 5.56 Å². The minimum Gasteiger partial charge on any atom is -0.478 e. The molecule has 1 atom stereocenters. The zero-order valence-corrected chi connectivity index (χ0v) is 11.8. The van der Waals surface area contributed by atoms with Crippen LogP contribution in [-0.2, 0) is 10.2 Å². The number of carboxylic acid groups (broad SMARTS) is 1. The number of carboxylic acids is 1. The normalized spacial score (nSPS) is 18.6. The average molecular weight is 300 g/mol. The van der Waals surface area contributed by atoms with Gasteiger partial charge in [0.25, 0.3) is 0 Å². The Bertz CT molecular complexity index is 610. The van der Waals surface area contributed by atoms with Gasteiger partial charge in [-0.05, 0) is 23.1 Å². The van der Waals surface area contributed by atoms with Gasteiger partial charge >= 0.3 is 12.1 Å². The molecule has 1 unspecified atom stereocenters. The molecule has 2 rings (SSSR count). The third kappa shape index (κ3) is 3.04. The van der Waals surface area contributed by atoms with Crippen molar-refractivity contribution in [3.8, 4) is 5.75 Å². The molecule has 0 amide bonds. The molecule has 3 nitrogen and oxygen atoms in total. The molecule has 0 saturated carbocycles. The third-order valence-electron chi connectivity index (χ3n) is 3.26. The van der Waals surface area contributed by atoms with Crippen molar-refractivity contribution in [2.75, 3.05) is 0 Å². The van der Waals surface area contributed by atoms with E-state index in [4.69, 9.17) is 9.84 Å². The van der Waals surface area contributed by atoms with Crippen molar-refractivity contribution in [1.82, 2.24) is 0 Å². The number of aliphatic carboxylic acids is 1. The predicted molar refractivity (Wildman–Crippen MR) is 71.2 cm³/mol. The zero-order chi connectivity index (χ0) is 16.0. The highest BCUT2D eigenvalue weighted by atomic mass is 19.4. The number of halogens is 3. The first-order valence-corrected chi connectivity index (χ1v) is 6.33. The summed E-state index contributed by atoms with van der Waals surface area (Å²) in [5.74, 6) is -1.59. The van der Waals surface area contributed by atoms with Gasteiger partial charge in [-0.1, -0.05) is 32.9 Å². The molecule has 0 aliphatic carbocycles. The number of hydrogen-bond acceptors (Lipinski definition) is 2. The van der Waals surface area contributed by atoms with Crippen LogP contribution >= 0.6 is 0 Å². The highest BCUT2D eigenvalue weighted by Gasteiger charge is 2.48. The van der Waals surface area contributed by atoms with Crippen LogP contribution in [0.2, 0.25) is 0 Å². The molecule has 0 saturated heterocycles. The average Bonchev–Trinajstić information content (AvgIpc) is 2.34. The summed E-state index contributed by atoms with van der Waals surface area (Å²) >= 11 is 0. The minimum atomic E-state index is -4.78. The molecular weight excluding hydrogens is 285 g/mol. The molecule has 21 heavy (non-hydrogen) atoms. The Hall–Kier alpha value is -1.98. The highest BCUT2D eigenvalue weighted by Crippen LogP contribution is 2.39. The van der Waals surface area contributed by atoms with E-state index in [1.165, 1.54) is 6.07 Å². The van der Waals surface area contributed by atoms with Gasteiger partial charge in [0.05, 0.1) is 5.57 Å². The van der Waals surface area contributed by atoms with E-state index in [1.807, 2.05) is 20.8 Å². The molecule has 0 fully saturated rings. The monoisotopic (exact) mass is 300 g/mol. The van der Waals surface area contributed by atoms with E-state index in [0.717, 1.165) is 11.6 Å². The van der Waals surface area contributed by atoms with Crippen LogP contribution in [-0.4, -0.2) is 23.4 Å². The van der Waals surface area contributed by atoms with Crippen LogP contribution in [0.1, 0.15) is 31.9 Å². The van der Waals surface area contributed by atoms with Gasteiger partial charge in [-0.15, -0.1) is 0 Å². The highest BCUT2D eigenvalue weighted by molar-refractivity contribution is 5.95. The smallest absolute Gasteiger partial charge is 0.430 e. The third-order valence-corrected chi connectivity index (χ3v) is 3.26. The van der Waals surface area contributed by atoms with Gasteiger partial charge in [0.1, 0.15) is 5.75 Å². The molecule has 0 radical (unpaired) electrons. The Kier molecular flexibility index (Phi) is 3.51. The summed E-state index contributed by atoms with van der Waals surface area (Å²) in [6, 6.07) is 4.86. The lowest BCUT2D eigenvalue weighted by Gasteiger charge is -2.28. The molecule has 6 heteroatoms. The molecule has 1 aliphatic rings. The second-order valence-corrected chi connectivity index (χ2v) is 5.95. The second-order valence-electron chi connectivity index (χ2n) is 5.95. The number of ether oxygens (including phenoxy) is 1. The fourth-order valence-corrected chi connectivity index (χ4v) is 2.07. The van der Waals surface area contributed by atoms with E-state index >= 15 is 0 Å². The molecule has 1 heterocycles. The summed E-state index contributed by atoms with van der Waals surface area (Å²) in [4.78, 5) is 11.0. The number of fused-ring (bicyclic) bond motifs is 1. The fourth-order valence-electron chi connectivity index (χ4n) is 2.07. The van der Waals surface area contributed by atoms with Crippen molar-refractivity contribution < 1.29 is 27.8 Å². The van der Waals surface area contributed by atoms with E-state index in [0.29, 0.717) is 5.56 Å². The molecule has 0 bridgehead atoms. The van der Waals surface area contributed by atoms with Crippen molar-refractivity contribution in [1.29, 1.82) is 0 Å². The van der Waals surface area contributed by atoms with E-state index in [2.05, 4.69) is 0 Å². The van der Waals surface area contributed by atoms with Crippen molar-refractivity contribution in [3.05, 3.63) is 34.9 Å². The molecule has 1 aliphatic heterocycles. The van der Waals surface area contributed by atoms with E-state index in [1.54, 1.807) is 12.1 Å². The van der Waals surface area contributed by atoms with Crippen molar-refractivity contribution in [2.24, 2.45) is 0 Å². The van der Waals surface area contributed by atoms with Crippen LogP contribution in [0.4, 0.5) is 13.2 Å². The molecule has 1 aromatic carbocycles. The van der Waals surface area contributed by atoms with Crippen molar-refractivity contribution >= 4 is 12.0 Å². The SMILES string of the molecule is CC(C)(C)c1ccc2c(c1)OC(C(F)(F)F)C(C(=O)O)=C2. The Morgan fingerprint density at radius 3 is 2.33 bits per heavy atom. The van der Waals surface area contributed by atoms with Crippen molar-refractivity contribution in [2.45, 2.75) is 38.5 Å². The Morgan fingerprint density at radius 2 is 1.86 bits per heavy atom. The molecule has 0 spiro atoms. The Morgan fingerprint density at radius 1 is 1.24 bits per heavy atom. The molecule has 1 aromatic rings. The summed E-state index contributed by atoms with van der Waals surface area (Å²) in [7, 11) is 0. The fraction of sp³-hybridized carbons (Fsp3) is 0.400. The number of alkyl halides is 3. The lowest BCUT2D eigenvalue weighted by Crippen LogP contribution is -2.40. The molecule has 114 valence electrons. The second kappa shape index (κ2) is 4.79. The van der Waals surface area contributed by atoms with Crippen LogP contribution in [0.25, 0.3) is 6.08 Å². The van der Waals surface area contributed by atoms with Crippen LogP contribution < -0.4 is 4.74 Å². The molecule has 1 N–H and O–H groups in total. The van der Waals surface area contributed by atoms with Crippen LogP contribution in [0, 0.1) is 0 Å². The largest absolute Gasteiger partial charge is 0.478 e. The zero-order valence-electron chi connectivity index (χ0n) is 11.8. The summed E-state index contributed by atoms with van der Waals surface area (Å²) in [5.41, 5.74) is 0.0943. The number of carbonyl (C=O) groups is 1. The van der Waals surface area contributed by atoms with Crippen LogP contribution in [0.5, 0.6) is 5.75 Å². The molecule has 0 aromatic heterocycles. The molecular formula is C15H15F3O3. The Labute approximate surface area is 120 Å². The summed E-state index contributed by atoms with van der Waals surface area (Å²) in [6.45, 7) is 5.78. The number of benzene rings is 1. The first-order chi connectivity index (χ1) is 9.50. The topological polar surface area (TPSA) is 46.5 Å². The van der Waals surface area contributed by atoms with Crippen LogP contribution in [0.15, 0.2) is 23.8 Å². The maximum Gasteiger partial charge on any atom is 0.430 e. The van der Waals surface area contributed by atoms with E-state index < -0.39 is 23.8 Å². The minimum absolute atomic E-state index is 0.0507. The quantitative estimate of drug-likeness (QED) is 0.858. The summed E-state index contributed by atoms with van der Waals surface area (Å²) in [5, 5.41) is 8.93. The maximum absolute atomic E-state index is 13.0. The predicted octanol–water partition coefficient (Wildman–Crippen LogP) is 3.78. The number of rotatable bonds is 1. The number of hydrogen-bond donors (Lipinski definition) is 1. The summed E-state index contributed by atoms with van der Waals surface area (Å²) < 4.78 is 43.8. The van der Waals surface area contributed by atoms with Gasteiger partial charge in [0.15, 0.2) is 0 Å². The van der Waals surface area contributed by atoms with E-state index in [-0.39, 0.29) is 11.2 Å². The Balaban J connectivity index is 2.53.